The minimum absolute atomic E-state index is 0.0815. The highest BCUT2D eigenvalue weighted by Gasteiger charge is 2.29. The van der Waals surface area contributed by atoms with E-state index in [0.717, 1.165) is 4.88 Å². The van der Waals surface area contributed by atoms with Crippen LogP contribution in [0.4, 0.5) is 13.2 Å². The van der Waals surface area contributed by atoms with Crippen molar-refractivity contribution in [3.63, 3.8) is 0 Å². The van der Waals surface area contributed by atoms with Gasteiger partial charge in [-0.15, -0.1) is 11.3 Å². The van der Waals surface area contributed by atoms with Gasteiger partial charge < -0.3 is 4.74 Å². The van der Waals surface area contributed by atoms with Gasteiger partial charge in [0.15, 0.2) is 12.4 Å². The van der Waals surface area contributed by atoms with Crippen molar-refractivity contribution in [2.45, 2.75) is 20.0 Å². The summed E-state index contributed by atoms with van der Waals surface area (Å²) >= 11 is 1.40. The second kappa shape index (κ2) is 7.07. The molecule has 0 bridgehead atoms. The predicted octanol–water partition coefficient (Wildman–Crippen LogP) is 5.74. The van der Waals surface area contributed by atoms with E-state index in [1.165, 1.54) is 17.4 Å². The van der Waals surface area contributed by atoms with E-state index in [2.05, 4.69) is 4.98 Å². The molecule has 0 atom stereocenters. The minimum atomic E-state index is -4.42. The van der Waals surface area contributed by atoms with Crippen molar-refractivity contribution in [1.82, 2.24) is 4.98 Å². The molecule has 0 saturated heterocycles. The quantitative estimate of drug-likeness (QED) is 0.531. The number of hydrogen-bond acceptors (Lipinski definition) is 4. The predicted molar refractivity (Wildman–Crippen MR) is 95.8 cm³/mol. The van der Waals surface area contributed by atoms with Gasteiger partial charge in [-0.3, -0.25) is 4.79 Å². The summed E-state index contributed by atoms with van der Waals surface area (Å²) in [6.45, 7) is 2.22. The van der Waals surface area contributed by atoms with Crippen LogP contribution in [0.1, 0.15) is 24.3 Å². The molecular formula is C19H16F3NO2S. The summed E-state index contributed by atoms with van der Waals surface area (Å²) in [6.07, 6.45) is -4.42. The van der Waals surface area contributed by atoms with Crippen molar-refractivity contribution in [3.05, 3.63) is 47.5 Å². The molecular weight excluding hydrogens is 363 g/mol. The number of thiophene rings is 1. The number of halogens is 3. The highest BCUT2D eigenvalue weighted by atomic mass is 32.1. The molecule has 0 saturated carbocycles. The number of hydrogen-bond donors (Lipinski definition) is 0. The van der Waals surface area contributed by atoms with Gasteiger partial charge in [-0.1, -0.05) is 19.9 Å². The third-order valence-electron chi connectivity index (χ3n) is 3.77. The molecule has 136 valence electrons. The average Bonchev–Trinajstić information content (AvgIpc) is 3.11. The number of carbonyl (C=O) groups is 1. The lowest BCUT2D eigenvalue weighted by Gasteiger charge is -2.15. The summed E-state index contributed by atoms with van der Waals surface area (Å²) in [7, 11) is 0. The zero-order chi connectivity index (χ0) is 18.9. The molecule has 26 heavy (non-hydrogen) atoms. The van der Waals surface area contributed by atoms with Gasteiger partial charge in [0.25, 0.3) is 0 Å². The first-order chi connectivity index (χ1) is 12.3. The molecule has 2 heterocycles. The van der Waals surface area contributed by atoms with Crippen LogP contribution in [-0.2, 0) is 0 Å². The van der Waals surface area contributed by atoms with Crippen LogP contribution in [0, 0.1) is 5.92 Å². The summed E-state index contributed by atoms with van der Waals surface area (Å²) in [5.74, 6) is -0.130. The second-order valence-electron chi connectivity index (χ2n) is 6.10. The van der Waals surface area contributed by atoms with Crippen LogP contribution in [-0.4, -0.2) is 23.6 Å². The van der Waals surface area contributed by atoms with Gasteiger partial charge >= 0.3 is 6.18 Å². The normalized spacial score (nSPS) is 11.9. The topological polar surface area (TPSA) is 39.2 Å². The molecule has 0 fully saturated rings. The van der Waals surface area contributed by atoms with Crippen molar-refractivity contribution in [3.8, 4) is 16.2 Å². The lowest BCUT2D eigenvalue weighted by Crippen LogP contribution is -2.19. The minimum Gasteiger partial charge on any atom is -0.483 e. The summed E-state index contributed by atoms with van der Waals surface area (Å²) in [5, 5.41) is 2.48. The first-order valence-corrected chi connectivity index (χ1v) is 8.85. The smallest absolute Gasteiger partial charge is 0.422 e. The third-order valence-corrected chi connectivity index (χ3v) is 4.66. The van der Waals surface area contributed by atoms with Gasteiger partial charge in [-0.25, -0.2) is 4.98 Å². The molecule has 0 spiro atoms. The van der Waals surface area contributed by atoms with E-state index in [9.17, 15) is 18.0 Å². The number of aromatic nitrogens is 1. The molecule has 0 unspecified atom stereocenters. The molecule has 0 amide bonds. The van der Waals surface area contributed by atoms with Crippen molar-refractivity contribution < 1.29 is 22.7 Å². The summed E-state index contributed by atoms with van der Waals surface area (Å²) in [4.78, 5) is 17.3. The molecule has 2 aromatic heterocycles. The number of fused-ring (bicyclic) bond motifs is 1. The highest BCUT2D eigenvalue weighted by molar-refractivity contribution is 7.13. The number of pyridine rings is 1. The number of ketones is 1. The molecule has 1 aromatic carbocycles. The molecule has 0 aliphatic rings. The van der Waals surface area contributed by atoms with Gasteiger partial charge in [0, 0.05) is 21.7 Å². The van der Waals surface area contributed by atoms with Gasteiger partial charge in [-0.2, -0.15) is 13.2 Å². The van der Waals surface area contributed by atoms with Crippen LogP contribution in [0.5, 0.6) is 5.75 Å². The second-order valence-corrected chi connectivity index (χ2v) is 7.05. The molecule has 0 aliphatic carbocycles. The Balaban J connectivity index is 2.13. The average molecular weight is 379 g/mol. The Bertz CT molecular complexity index is 934. The Morgan fingerprint density at radius 3 is 2.58 bits per heavy atom. The summed E-state index contributed by atoms with van der Waals surface area (Å²) in [6, 6.07) is 10.0. The number of benzene rings is 1. The number of carbonyl (C=O) groups excluding carboxylic acids is 1. The SMILES string of the molecule is CC(C)C(=O)c1ccc2c(-c3cccs3)c(OCC(F)(F)F)ccc2n1. The van der Waals surface area contributed by atoms with Gasteiger partial charge in [0.2, 0.25) is 0 Å². The van der Waals surface area contributed by atoms with Crippen LogP contribution < -0.4 is 4.74 Å². The van der Waals surface area contributed by atoms with E-state index in [0.29, 0.717) is 22.2 Å². The van der Waals surface area contributed by atoms with Crippen LogP contribution in [0.2, 0.25) is 0 Å². The zero-order valence-electron chi connectivity index (χ0n) is 14.1. The first-order valence-electron chi connectivity index (χ1n) is 7.97. The third kappa shape index (κ3) is 3.88. The lowest BCUT2D eigenvalue weighted by molar-refractivity contribution is -0.153. The Hall–Kier alpha value is -2.41. The van der Waals surface area contributed by atoms with Crippen LogP contribution in [0.15, 0.2) is 41.8 Å². The molecule has 0 N–H and O–H groups in total. The van der Waals surface area contributed by atoms with Crippen molar-refractivity contribution >= 4 is 28.0 Å². The number of nitrogens with zero attached hydrogens (tertiary/aromatic N) is 1. The van der Waals surface area contributed by atoms with Crippen LogP contribution in [0.3, 0.4) is 0 Å². The Morgan fingerprint density at radius 2 is 1.96 bits per heavy atom. The first kappa shape index (κ1) is 18.4. The van der Waals surface area contributed by atoms with Gasteiger partial charge in [-0.05, 0) is 35.7 Å². The van der Waals surface area contributed by atoms with Crippen molar-refractivity contribution in [1.29, 1.82) is 0 Å². The van der Waals surface area contributed by atoms with Crippen molar-refractivity contribution in [2.75, 3.05) is 6.61 Å². The number of ether oxygens (including phenoxy) is 1. The van der Waals surface area contributed by atoms with Crippen LogP contribution in [0.25, 0.3) is 21.3 Å². The number of Topliss-reactive ketones (excluding diaryl/α,β-unsaturated/α-hetero) is 1. The molecule has 0 aliphatic heterocycles. The molecule has 3 nitrogen and oxygen atoms in total. The largest absolute Gasteiger partial charge is 0.483 e. The van der Waals surface area contributed by atoms with E-state index >= 15 is 0 Å². The zero-order valence-corrected chi connectivity index (χ0v) is 14.9. The molecule has 3 rings (SSSR count). The van der Waals surface area contributed by atoms with E-state index in [4.69, 9.17) is 4.74 Å². The van der Waals surface area contributed by atoms with E-state index in [-0.39, 0.29) is 17.5 Å². The summed E-state index contributed by atoms with van der Waals surface area (Å²) in [5.41, 5.74) is 1.44. The van der Waals surface area contributed by atoms with E-state index in [1.807, 2.05) is 17.5 Å². The maximum absolute atomic E-state index is 12.6. The lowest BCUT2D eigenvalue weighted by atomic mass is 10.0. The Kier molecular flexibility index (Phi) is 5.00. The molecule has 0 radical (unpaired) electrons. The number of rotatable bonds is 5. The van der Waals surface area contributed by atoms with Gasteiger partial charge in [0.05, 0.1) is 5.52 Å². The maximum Gasteiger partial charge on any atom is 0.422 e. The van der Waals surface area contributed by atoms with E-state index in [1.54, 1.807) is 32.0 Å². The van der Waals surface area contributed by atoms with Crippen LogP contribution >= 0.6 is 11.3 Å². The monoisotopic (exact) mass is 379 g/mol. The molecule has 3 aromatic rings. The summed E-state index contributed by atoms with van der Waals surface area (Å²) < 4.78 is 42.8. The molecule has 7 heteroatoms. The Labute approximate surface area is 152 Å². The maximum atomic E-state index is 12.6. The fraction of sp³-hybridized carbons (Fsp3) is 0.263. The number of alkyl halides is 3. The fourth-order valence-corrected chi connectivity index (χ4v) is 3.36. The Morgan fingerprint density at radius 1 is 1.19 bits per heavy atom. The van der Waals surface area contributed by atoms with Crippen molar-refractivity contribution in [2.24, 2.45) is 5.92 Å². The van der Waals surface area contributed by atoms with Gasteiger partial charge in [0.1, 0.15) is 11.4 Å². The van der Waals surface area contributed by atoms with E-state index < -0.39 is 12.8 Å². The fourth-order valence-electron chi connectivity index (χ4n) is 2.57. The highest BCUT2D eigenvalue weighted by Crippen LogP contribution is 2.39. The standard InChI is InChI=1S/C19H16F3NO2S/c1-11(2)18(24)14-6-5-12-13(23-14)7-8-15(25-10-19(20,21)22)17(12)16-4-3-9-26-16/h3-9,11H,10H2,1-2H3.